The molecule has 0 unspecified atom stereocenters. The number of carbonyl (C=O) groups is 1. The summed E-state index contributed by atoms with van der Waals surface area (Å²) in [5, 5.41) is 0. The molecule has 0 saturated carbocycles. The Morgan fingerprint density at radius 1 is 1.55 bits per heavy atom. The molecule has 0 amide bonds. The van der Waals surface area contributed by atoms with Crippen LogP contribution in [0.25, 0.3) is 0 Å². The first-order chi connectivity index (χ1) is 4.87. The van der Waals surface area contributed by atoms with Crippen molar-refractivity contribution < 1.29 is 22.7 Å². The lowest BCUT2D eigenvalue weighted by Gasteiger charge is -2.00. The summed E-state index contributed by atoms with van der Waals surface area (Å²) >= 11 is 1.26. The Morgan fingerprint density at radius 2 is 2.00 bits per heavy atom. The molecular formula is C5H4F3IO2. The molecule has 64 valence electrons. The number of halogens is 4. The van der Waals surface area contributed by atoms with Gasteiger partial charge >= 0.3 is 12.1 Å². The van der Waals surface area contributed by atoms with Gasteiger partial charge in [-0.15, -0.1) is 0 Å². The van der Waals surface area contributed by atoms with Crippen LogP contribution in [0.1, 0.15) is 0 Å². The fraction of sp³-hybridized carbons (Fsp3) is 0.400. The van der Waals surface area contributed by atoms with Gasteiger partial charge in [0, 0.05) is 6.08 Å². The first-order valence-corrected chi connectivity index (χ1v) is 3.48. The fourth-order valence-corrected chi connectivity index (χ4v) is 0.873. The standard InChI is InChI=1S/C5H4F3IO2/c1-11-4(10)3(9)2-5(6,7)8/h2H,1H3/b3-2-. The zero-order valence-electron chi connectivity index (χ0n) is 5.41. The van der Waals surface area contributed by atoms with E-state index in [0.29, 0.717) is 0 Å². The zero-order valence-corrected chi connectivity index (χ0v) is 7.56. The first-order valence-electron chi connectivity index (χ1n) is 2.40. The molecule has 0 heterocycles. The van der Waals surface area contributed by atoms with Crippen molar-refractivity contribution in [1.82, 2.24) is 0 Å². The minimum atomic E-state index is -4.47. The number of ether oxygens (including phenoxy) is 1. The molecule has 0 rings (SSSR count). The maximum absolute atomic E-state index is 11.5. The largest absolute Gasteiger partial charge is 0.465 e. The average molecular weight is 280 g/mol. The third-order valence-corrected chi connectivity index (χ3v) is 1.42. The van der Waals surface area contributed by atoms with E-state index in [-0.39, 0.29) is 6.08 Å². The predicted octanol–water partition coefficient (Wildman–Crippen LogP) is 2.04. The molecule has 0 aliphatic rings. The average Bonchev–Trinajstić information content (AvgIpc) is 1.82. The van der Waals surface area contributed by atoms with Crippen molar-refractivity contribution in [3.8, 4) is 0 Å². The highest BCUT2D eigenvalue weighted by Gasteiger charge is 2.26. The third kappa shape index (κ3) is 5.05. The van der Waals surface area contributed by atoms with E-state index in [1.54, 1.807) is 0 Å². The van der Waals surface area contributed by atoms with E-state index in [9.17, 15) is 18.0 Å². The van der Waals surface area contributed by atoms with Crippen LogP contribution in [-0.2, 0) is 9.53 Å². The second-order valence-corrected chi connectivity index (χ2v) is 2.69. The van der Waals surface area contributed by atoms with E-state index in [1.165, 1.54) is 22.6 Å². The Labute approximate surface area is 74.5 Å². The van der Waals surface area contributed by atoms with Gasteiger partial charge in [-0.2, -0.15) is 13.2 Å². The summed E-state index contributed by atoms with van der Waals surface area (Å²) in [6.07, 6.45) is -4.58. The van der Waals surface area contributed by atoms with Crippen molar-refractivity contribution in [2.75, 3.05) is 7.11 Å². The number of hydrogen-bond donors (Lipinski definition) is 0. The van der Waals surface area contributed by atoms with Crippen LogP contribution in [-0.4, -0.2) is 19.3 Å². The van der Waals surface area contributed by atoms with Crippen LogP contribution >= 0.6 is 22.6 Å². The molecule has 0 aromatic heterocycles. The number of carbonyl (C=O) groups excluding carboxylic acids is 1. The molecule has 0 bridgehead atoms. The van der Waals surface area contributed by atoms with E-state index in [4.69, 9.17) is 0 Å². The summed E-state index contributed by atoms with van der Waals surface area (Å²) in [6, 6.07) is 0. The normalized spacial score (nSPS) is 13.0. The molecule has 0 fully saturated rings. The Balaban J connectivity index is 4.34. The highest BCUT2D eigenvalue weighted by molar-refractivity contribution is 14.1. The lowest BCUT2D eigenvalue weighted by atomic mass is 10.5. The van der Waals surface area contributed by atoms with Crippen LogP contribution < -0.4 is 0 Å². The Kier molecular flexibility index (Phi) is 3.84. The monoisotopic (exact) mass is 280 g/mol. The number of esters is 1. The van der Waals surface area contributed by atoms with Crippen LogP contribution in [0.15, 0.2) is 9.66 Å². The van der Waals surface area contributed by atoms with Crippen molar-refractivity contribution in [2.24, 2.45) is 0 Å². The molecule has 2 nitrogen and oxygen atoms in total. The van der Waals surface area contributed by atoms with Crippen molar-refractivity contribution in [3.63, 3.8) is 0 Å². The topological polar surface area (TPSA) is 26.3 Å². The van der Waals surface area contributed by atoms with Gasteiger partial charge < -0.3 is 4.74 Å². The molecule has 11 heavy (non-hydrogen) atoms. The third-order valence-electron chi connectivity index (χ3n) is 0.671. The Hall–Kier alpha value is -0.270. The number of allylic oxidation sites excluding steroid dienone is 1. The van der Waals surface area contributed by atoms with Crippen molar-refractivity contribution in [3.05, 3.63) is 9.66 Å². The van der Waals surface area contributed by atoms with Gasteiger partial charge in [0.1, 0.15) is 3.58 Å². The molecule has 6 heteroatoms. The van der Waals surface area contributed by atoms with Crippen molar-refractivity contribution >= 4 is 28.6 Å². The first kappa shape index (κ1) is 10.7. The van der Waals surface area contributed by atoms with Gasteiger partial charge in [-0.3, -0.25) is 0 Å². The van der Waals surface area contributed by atoms with Crippen molar-refractivity contribution in [2.45, 2.75) is 6.18 Å². The predicted molar refractivity (Wildman–Crippen MR) is 40.2 cm³/mol. The second kappa shape index (κ2) is 3.93. The van der Waals surface area contributed by atoms with Crippen LogP contribution in [0.3, 0.4) is 0 Å². The van der Waals surface area contributed by atoms with Crippen LogP contribution in [0, 0.1) is 0 Å². The SMILES string of the molecule is COC(=O)/C(I)=C/C(F)(F)F. The zero-order chi connectivity index (χ0) is 9.07. The van der Waals surface area contributed by atoms with Gasteiger partial charge in [0.2, 0.25) is 0 Å². The minimum absolute atomic E-state index is 0.112. The summed E-state index contributed by atoms with van der Waals surface area (Å²) in [6.45, 7) is 0. The van der Waals surface area contributed by atoms with E-state index in [0.717, 1.165) is 7.11 Å². The van der Waals surface area contributed by atoms with Gasteiger partial charge in [0.25, 0.3) is 0 Å². The Morgan fingerprint density at radius 3 is 2.27 bits per heavy atom. The van der Waals surface area contributed by atoms with Gasteiger partial charge in [0.15, 0.2) is 0 Å². The number of hydrogen-bond acceptors (Lipinski definition) is 2. The molecule has 0 aliphatic carbocycles. The lowest BCUT2D eigenvalue weighted by Crippen LogP contribution is -2.07. The molecular weight excluding hydrogens is 276 g/mol. The van der Waals surface area contributed by atoms with Crippen LogP contribution in [0.2, 0.25) is 0 Å². The summed E-state index contributed by atoms with van der Waals surface area (Å²) in [4.78, 5) is 10.4. The van der Waals surface area contributed by atoms with E-state index >= 15 is 0 Å². The molecule has 0 saturated heterocycles. The Bertz CT molecular complexity index is 185. The van der Waals surface area contributed by atoms with E-state index < -0.39 is 15.7 Å². The highest BCUT2D eigenvalue weighted by atomic mass is 127. The molecule has 0 radical (unpaired) electrons. The fourth-order valence-electron chi connectivity index (χ4n) is 0.300. The summed E-state index contributed by atoms with van der Waals surface area (Å²) in [5.41, 5.74) is 0. The van der Waals surface area contributed by atoms with Gasteiger partial charge in [-0.05, 0) is 22.6 Å². The molecule has 0 spiro atoms. The summed E-state index contributed by atoms with van der Waals surface area (Å²) < 4.78 is 38.1. The molecule has 0 aliphatic heterocycles. The quantitative estimate of drug-likeness (QED) is 0.417. The van der Waals surface area contributed by atoms with Crippen molar-refractivity contribution in [1.29, 1.82) is 0 Å². The minimum Gasteiger partial charge on any atom is -0.465 e. The highest BCUT2D eigenvalue weighted by Crippen LogP contribution is 2.21. The molecule has 0 N–H and O–H groups in total. The van der Waals surface area contributed by atoms with E-state index in [2.05, 4.69) is 4.74 Å². The molecule has 0 atom stereocenters. The summed E-state index contributed by atoms with van der Waals surface area (Å²) in [7, 11) is 1.02. The number of methoxy groups -OCH3 is 1. The van der Waals surface area contributed by atoms with Gasteiger partial charge in [-0.25, -0.2) is 4.79 Å². The molecule has 0 aromatic rings. The van der Waals surface area contributed by atoms with Gasteiger partial charge in [-0.1, -0.05) is 0 Å². The van der Waals surface area contributed by atoms with Gasteiger partial charge in [0.05, 0.1) is 7.11 Å². The lowest BCUT2D eigenvalue weighted by molar-refractivity contribution is -0.135. The maximum Gasteiger partial charge on any atom is 0.411 e. The number of alkyl halides is 3. The van der Waals surface area contributed by atoms with Crippen LogP contribution in [0.4, 0.5) is 13.2 Å². The molecule has 0 aromatic carbocycles. The smallest absolute Gasteiger partial charge is 0.411 e. The number of rotatable bonds is 1. The maximum atomic E-state index is 11.5. The second-order valence-electron chi connectivity index (χ2n) is 1.53. The van der Waals surface area contributed by atoms with E-state index in [1.807, 2.05) is 0 Å². The van der Waals surface area contributed by atoms with Crippen LogP contribution in [0.5, 0.6) is 0 Å². The summed E-state index contributed by atoms with van der Waals surface area (Å²) in [5.74, 6) is -0.983.